The van der Waals surface area contributed by atoms with Crippen molar-refractivity contribution in [2.24, 2.45) is 0 Å². The van der Waals surface area contributed by atoms with Crippen LogP contribution in [0.2, 0.25) is 0 Å². The Bertz CT molecular complexity index is 476. The number of carboxylic acid groups (broad SMARTS) is 1. The van der Waals surface area contributed by atoms with Crippen LogP contribution in [-0.4, -0.2) is 50.0 Å². The number of hydrogen-bond acceptors (Lipinski definition) is 5. The summed E-state index contributed by atoms with van der Waals surface area (Å²) in [6.07, 6.45) is 0. The molecule has 104 valence electrons. The number of nitrogens with zero attached hydrogens (tertiary/aromatic N) is 1. The van der Waals surface area contributed by atoms with E-state index < -0.39 is 12.0 Å². The molecule has 2 rings (SSSR count). The highest BCUT2D eigenvalue weighted by atomic mass is 16.7. The second-order valence-electron chi connectivity index (χ2n) is 4.63. The maximum atomic E-state index is 11.3. The van der Waals surface area contributed by atoms with Crippen LogP contribution in [0.4, 0.5) is 0 Å². The molecule has 0 saturated carbocycles. The van der Waals surface area contributed by atoms with Gasteiger partial charge in [0.15, 0.2) is 11.5 Å². The molecule has 1 aromatic carbocycles. The van der Waals surface area contributed by atoms with E-state index in [2.05, 4.69) is 5.32 Å². The molecule has 0 aromatic heterocycles. The number of carboxylic acids is 1. The summed E-state index contributed by atoms with van der Waals surface area (Å²) in [6.45, 7) is 0.208. The zero-order valence-corrected chi connectivity index (χ0v) is 11.2. The van der Waals surface area contributed by atoms with E-state index in [0.29, 0.717) is 11.5 Å². The zero-order valence-electron chi connectivity index (χ0n) is 11.2. The Hall–Kier alpha value is -1.79. The Morgan fingerprint density at radius 2 is 2.05 bits per heavy atom. The summed E-state index contributed by atoms with van der Waals surface area (Å²) in [5.74, 6) is 0.459. The standard InChI is InChI=1S/C13H18N2O4/c1-14-11(13(16)17)12(15(2)3)8-4-5-9-10(6-8)19-7-18-9/h4-6,11-12,14H,7H2,1-3H3,(H,16,17). The largest absolute Gasteiger partial charge is 0.480 e. The van der Waals surface area contributed by atoms with E-state index in [1.54, 1.807) is 7.05 Å². The molecule has 6 nitrogen and oxygen atoms in total. The van der Waals surface area contributed by atoms with E-state index in [4.69, 9.17) is 9.47 Å². The summed E-state index contributed by atoms with van der Waals surface area (Å²) < 4.78 is 10.6. The van der Waals surface area contributed by atoms with Gasteiger partial charge in [0.25, 0.3) is 0 Å². The normalized spacial score (nSPS) is 16.4. The molecule has 2 unspecified atom stereocenters. The van der Waals surface area contributed by atoms with Crippen LogP contribution in [0, 0.1) is 0 Å². The first kappa shape index (κ1) is 13.6. The zero-order chi connectivity index (χ0) is 14.0. The first-order valence-electron chi connectivity index (χ1n) is 6.00. The number of rotatable bonds is 5. The van der Waals surface area contributed by atoms with Crippen molar-refractivity contribution in [2.45, 2.75) is 12.1 Å². The third kappa shape index (κ3) is 2.64. The van der Waals surface area contributed by atoms with Gasteiger partial charge in [-0.25, -0.2) is 0 Å². The molecule has 6 heteroatoms. The fourth-order valence-corrected chi connectivity index (χ4v) is 2.30. The Balaban J connectivity index is 2.36. The molecule has 0 aliphatic carbocycles. The van der Waals surface area contributed by atoms with Crippen LogP contribution < -0.4 is 14.8 Å². The Morgan fingerprint density at radius 3 is 2.63 bits per heavy atom. The number of hydrogen-bond donors (Lipinski definition) is 2. The second kappa shape index (κ2) is 5.46. The predicted molar refractivity (Wildman–Crippen MR) is 69.5 cm³/mol. The molecule has 2 N–H and O–H groups in total. The molecule has 2 atom stereocenters. The highest BCUT2D eigenvalue weighted by molar-refractivity contribution is 5.75. The van der Waals surface area contributed by atoms with Crippen LogP contribution in [0.1, 0.15) is 11.6 Å². The molecule has 1 aliphatic heterocycles. The molecule has 0 amide bonds. The van der Waals surface area contributed by atoms with E-state index in [1.807, 2.05) is 37.2 Å². The van der Waals surface area contributed by atoms with Gasteiger partial charge in [-0.1, -0.05) is 6.07 Å². The third-order valence-electron chi connectivity index (χ3n) is 3.19. The van der Waals surface area contributed by atoms with E-state index in [1.165, 1.54) is 0 Å². The minimum atomic E-state index is -0.890. The summed E-state index contributed by atoms with van der Waals surface area (Å²) in [5.41, 5.74) is 0.871. The quantitative estimate of drug-likeness (QED) is 0.817. The fraction of sp³-hybridized carbons (Fsp3) is 0.462. The lowest BCUT2D eigenvalue weighted by Crippen LogP contribution is -2.45. The number of likely N-dealkylation sites (N-methyl/N-ethyl adjacent to an activating group) is 2. The van der Waals surface area contributed by atoms with Gasteiger partial charge in [0.2, 0.25) is 6.79 Å². The van der Waals surface area contributed by atoms with Gasteiger partial charge in [-0.2, -0.15) is 0 Å². The Labute approximate surface area is 111 Å². The predicted octanol–water partition coefficient (Wildman–Crippen LogP) is 0.691. The fourth-order valence-electron chi connectivity index (χ4n) is 2.30. The molecule has 1 heterocycles. The van der Waals surface area contributed by atoms with E-state index in [-0.39, 0.29) is 12.8 Å². The summed E-state index contributed by atoms with van der Waals surface area (Å²) in [7, 11) is 5.34. The van der Waals surface area contributed by atoms with Crippen molar-refractivity contribution in [3.63, 3.8) is 0 Å². The van der Waals surface area contributed by atoms with Crippen LogP contribution in [0.5, 0.6) is 11.5 Å². The SMILES string of the molecule is CNC(C(=O)O)C(c1ccc2c(c1)OCO2)N(C)C. The average Bonchev–Trinajstić information content (AvgIpc) is 2.81. The smallest absolute Gasteiger partial charge is 0.322 e. The number of fused-ring (bicyclic) bond motifs is 1. The molecule has 19 heavy (non-hydrogen) atoms. The number of carbonyl (C=O) groups is 1. The molecular weight excluding hydrogens is 248 g/mol. The maximum absolute atomic E-state index is 11.3. The lowest BCUT2D eigenvalue weighted by atomic mass is 9.98. The number of ether oxygens (including phenoxy) is 2. The number of benzene rings is 1. The molecule has 0 bridgehead atoms. The summed E-state index contributed by atoms with van der Waals surface area (Å²) in [6, 6.07) is 4.52. The van der Waals surface area contributed by atoms with E-state index >= 15 is 0 Å². The van der Waals surface area contributed by atoms with Gasteiger partial charge in [-0.15, -0.1) is 0 Å². The highest BCUT2D eigenvalue weighted by Gasteiger charge is 2.31. The van der Waals surface area contributed by atoms with Crippen LogP contribution in [-0.2, 0) is 4.79 Å². The van der Waals surface area contributed by atoms with Crippen molar-refractivity contribution < 1.29 is 19.4 Å². The van der Waals surface area contributed by atoms with Crippen LogP contribution >= 0.6 is 0 Å². The van der Waals surface area contributed by atoms with Crippen molar-refractivity contribution in [3.8, 4) is 11.5 Å². The number of aliphatic carboxylic acids is 1. The van der Waals surface area contributed by atoms with E-state index in [9.17, 15) is 9.90 Å². The van der Waals surface area contributed by atoms with Crippen molar-refractivity contribution in [1.82, 2.24) is 10.2 Å². The Kier molecular flexibility index (Phi) is 3.92. The van der Waals surface area contributed by atoms with Crippen molar-refractivity contribution in [2.75, 3.05) is 27.9 Å². The molecule has 0 radical (unpaired) electrons. The number of nitrogens with one attached hydrogen (secondary N) is 1. The lowest BCUT2D eigenvalue weighted by molar-refractivity contribution is -0.141. The summed E-state index contributed by atoms with van der Waals surface area (Å²) >= 11 is 0. The van der Waals surface area contributed by atoms with Crippen molar-refractivity contribution in [3.05, 3.63) is 23.8 Å². The maximum Gasteiger partial charge on any atom is 0.322 e. The van der Waals surface area contributed by atoms with Gasteiger partial charge in [0.1, 0.15) is 6.04 Å². The van der Waals surface area contributed by atoms with Crippen molar-refractivity contribution in [1.29, 1.82) is 0 Å². The van der Waals surface area contributed by atoms with Crippen LogP contribution in [0.15, 0.2) is 18.2 Å². The lowest BCUT2D eigenvalue weighted by Gasteiger charge is -2.30. The molecule has 0 saturated heterocycles. The second-order valence-corrected chi connectivity index (χ2v) is 4.63. The highest BCUT2D eigenvalue weighted by Crippen LogP contribution is 2.35. The topological polar surface area (TPSA) is 71.0 Å². The third-order valence-corrected chi connectivity index (χ3v) is 3.19. The first-order valence-corrected chi connectivity index (χ1v) is 6.00. The minimum absolute atomic E-state index is 0.208. The van der Waals surface area contributed by atoms with Gasteiger partial charge in [0.05, 0.1) is 6.04 Å². The first-order chi connectivity index (χ1) is 9.04. The molecule has 0 spiro atoms. The monoisotopic (exact) mass is 266 g/mol. The minimum Gasteiger partial charge on any atom is -0.480 e. The van der Waals surface area contributed by atoms with Gasteiger partial charge >= 0.3 is 5.97 Å². The van der Waals surface area contributed by atoms with Crippen LogP contribution in [0.25, 0.3) is 0 Å². The molecule has 1 aliphatic rings. The molecule has 0 fully saturated rings. The average molecular weight is 266 g/mol. The van der Waals surface area contributed by atoms with Gasteiger partial charge in [0, 0.05) is 0 Å². The molecule has 1 aromatic rings. The van der Waals surface area contributed by atoms with Gasteiger partial charge < -0.3 is 24.8 Å². The van der Waals surface area contributed by atoms with Crippen LogP contribution in [0.3, 0.4) is 0 Å². The summed E-state index contributed by atoms with van der Waals surface area (Å²) in [4.78, 5) is 13.2. The van der Waals surface area contributed by atoms with Gasteiger partial charge in [-0.05, 0) is 38.8 Å². The van der Waals surface area contributed by atoms with E-state index in [0.717, 1.165) is 5.56 Å². The molecular formula is C13H18N2O4. The Morgan fingerprint density at radius 1 is 1.37 bits per heavy atom. The van der Waals surface area contributed by atoms with Crippen molar-refractivity contribution >= 4 is 5.97 Å². The summed E-state index contributed by atoms with van der Waals surface area (Å²) in [5, 5.41) is 12.1. The van der Waals surface area contributed by atoms with Gasteiger partial charge in [-0.3, -0.25) is 4.79 Å².